The maximum Gasteiger partial charge on any atom is 0.0823 e. The van der Waals surface area contributed by atoms with Crippen molar-refractivity contribution in [1.29, 1.82) is 0 Å². The number of rotatable bonds is 1. The highest BCUT2D eigenvalue weighted by Crippen LogP contribution is 2.34. The molecule has 2 rings (SSSR count). The van der Waals surface area contributed by atoms with Crippen molar-refractivity contribution in [2.45, 2.75) is 52.6 Å². The largest absolute Gasteiger partial charge is 0.388 e. The first-order valence-corrected chi connectivity index (χ1v) is 7.22. The van der Waals surface area contributed by atoms with Crippen molar-refractivity contribution in [2.24, 2.45) is 5.41 Å². The summed E-state index contributed by atoms with van der Waals surface area (Å²) in [5, 5.41) is 10.1. The predicted octanol–water partition coefficient (Wildman–Crippen LogP) is 4.58. The molecule has 0 aromatic heterocycles. The van der Waals surface area contributed by atoms with Gasteiger partial charge in [-0.2, -0.15) is 0 Å². The Kier molecular flexibility index (Phi) is 4.29. The normalized spacial score (nSPS) is 20.0. The van der Waals surface area contributed by atoms with Crippen LogP contribution in [0.3, 0.4) is 0 Å². The number of hydrogen-bond acceptors (Lipinski definition) is 1. The molecule has 1 aliphatic rings. The lowest BCUT2D eigenvalue weighted by Gasteiger charge is -2.24. The Bertz CT molecular complexity index is 484. The molecular formula is C18H24O. The van der Waals surface area contributed by atoms with E-state index in [4.69, 9.17) is 0 Å². The van der Waals surface area contributed by atoms with Crippen LogP contribution in [0.25, 0.3) is 5.57 Å². The molecule has 1 fully saturated rings. The fourth-order valence-electron chi connectivity index (χ4n) is 2.60. The molecule has 0 radical (unpaired) electrons. The van der Waals surface area contributed by atoms with Gasteiger partial charge >= 0.3 is 0 Å². The van der Waals surface area contributed by atoms with Gasteiger partial charge in [-0.15, -0.1) is 5.73 Å². The lowest BCUT2D eigenvalue weighted by Crippen LogP contribution is -2.15. The third-order valence-electron chi connectivity index (χ3n) is 3.67. The standard InChI is InChI=1S/C18H24O/c1-18(2,3)16(14-9-5-4-6-10-14)13-15-11-7-8-12-17(15)19/h4-6,9-10,17,19H,7-8,11-12H2,1-3H3/t13?,17-/m0/s1. The van der Waals surface area contributed by atoms with Gasteiger partial charge in [0.25, 0.3) is 0 Å². The van der Waals surface area contributed by atoms with Crippen molar-refractivity contribution in [3.8, 4) is 0 Å². The van der Waals surface area contributed by atoms with Gasteiger partial charge < -0.3 is 5.11 Å². The summed E-state index contributed by atoms with van der Waals surface area (Å²) < 4.78 is 0. The van der Waals surface area contributed by atoms with Crippen molar-refractivity contribution in [1.82, 2.24) is 0 Å². The fraction of sp³-hybridized carbons (Fsp3) is 0.500. The van der Waals surface area contributed by atoms with Crippen LogP contribution in [0.2, 0.25) is 0 Å². The maximum absolute atomic E-state index is 10.1. The van der Waals surface area contributed by atoms with E-state index in [2.05, 4.69) is 50.8 Å². The number of aliphatic hydroxyl groups is 1. The predicted molar refractivity (Wildman–Crippen MR) is 80.8 cm³/mol. The second-order valence-corrected chi connectivity index (χ2v) is 6.40. The first-order chi connectivity index (χ1) is 8.98. The Balaban J connectivity index is 2.52. The van der Waals surface area contributed by atoms with Crippen molar-refractivity contribution >= 4 is 5.57 Å². The van der Waals surface area contributed by atoms with E-state index in [0.29, 0.717) is 0 Å². The molecule has 1 aromatic rings. The van der Waals surface area contributed by atoms with Gasteiger partial charge in [0.1, 0.15) is 0 Å². The first-order valence-electron chi connectivity index (χ1n) is 7.22. The number of hydrogen-bond donors (Lipinski definition) is 1. The number of benzene rings is 1. The average molecular weight is 256 g/mol. The molecule has 0 saturated heterocycles. The van der Waals surface area contributed by atoms with Crippen molar-refractivity contribution in [2.75, 3.05) is 0 Å². The number of aliphatic hydroxyl groups excluding tert-OH is 1. The Morgan fingerprint density at radius 3 is 2.42 bits per heavy atom. The van der Waals surface area contributed by atoms with Gasteiger partial charge in [-0.05, 0) is 30.2 Å². The molecule has 0 aliphatic heterocycles. The molecule has 0 amide bonds. The monoisotopic (exact) mass is 256 g/mol. The molecule has 0 bridgehead atoms. The summed E-state index contributed by atoms with van der Waals surface area (Å²) in [4.78, 5) is 0. The van der Waals surface area contributed by atoms with Crippen LogP contribution in [0.1, 0.15) is 52.0 Å². The molecule has 19 heavy (non-hydrogen) atoms. The molecule has 1 aromatic carbocycles. The second kappa shape index (κ2) is 5.77. The van der Waals surface area contributed by atoms with Gasteiger partial charge in [0.2, 0.25) is 0 Å². The second-order valence-electron chi connectivity index (χ2n) is 6.40. The highest BCUT2D eigenvalue weighted by Gasteiger charge is 2.21. The summed E-state index contributed by atoms with van der Waals surface area (Å²) in [6, 6.07) is 10.4. The lowest BCUT2D eigenvalue weighted by atomic mass is 9.81. The minimum Gasteiger partial charge on any atom is -0.388 e. The van der Waals surface area contributed by atoms with E-state index in [1.54, 1.807) is 0 Å². The summed E-state index contributed by atoms with van der Waals surface area (Å²) in [5.41, 5.74) is 7.07. The molecule has 0 spiro atoms. The van der Waals surface area contributed by atoms with Crippen LogP contribution in [-0.4, -0.2) is 11.2 Å². The van der Waals surface area contributed by atoms with E-state index < -0.39 is 0 Å². The van der Waals surface area contributed by atoms with Gasteiger partial charge in [-0.3, -0.25) is 0 Å². The summed E-state index contributed by atoms with van der Waals surface area (Å²) >= 11 is 0. The van der Waals surface area contributed by atoms with Crippen molar-refractivity contribution in [3.63, 3.8) is 0 Å². The smallest absolute Gasteiger partial charge is 0.0823 e. The molecule has 1 N–H and O–H groups in total. The third kappa shape index (κ3) is 3.59. The van der Waals surface area contributed by atoms with Gasteiger partial charge in [-0.1, -0.05) is 57.5 Å². The molecule has 1 aliphatic carbocycles. The fourth-order valence-corrected chi connectivity index (χ4v) is 2.60. The van der Waals surface area contributed by atoms with Crippen LogP contribution in [-0.2, 0) is 0 Å². The molecule has 1 heteroatoms. The summed E-state index contributed by atoms with van der Waals surface area (Å²) in [5.74, 6) is 0. The summed E-state index contributed by atoms with van der Waals surface area (Å²) in [6.07, 6.45) is 3.87. The zero-order valence-electron chi connectivity index (χ0n) is 12.2. The quantitative estimate of drug-likeness (QED) is 0.729. The van der Waals surface area contributed by atoms with Crippen LogP contribution in [0.5, 0.6) is 0 Å². The van der Waals surface area contributed by atoms with E-state index in [1.807, 2.05) is 6.07 Å². The zero-order chi connectivity index (χ0) is 13.9. The molecule has 0 unspecified atom stereocenters. The van der Waals surface area contributed by atoms with E-state index in [1.165, 1.54) is 17.6 Å². The van der Waals surface area contributed by atoms with Gasteiger partial charge in [0.15, 0.2) is 0 Å². The highest BCUT2D eigenvalue weighted by molar-refractivity contribution is 5.69. The molecule has 1 atom stereocenters. The molecule has 1 saturated carbocycles. The minimum absolute atomic E-state index is 0.0333. The van der Waals surface area contributed by atoms with Crippen LogP contribution < -0.4 is 0 Å². The third-order valence-corrected chi connectivity index (χ3v) is 3.67. The molecule has 1 nitrogen and oxygen atoms in total. The lowest BCUT2D eigenvalue weighted by molar-refractivity contribution is 0.179. The van der Waals surface area contributed by atoms with Crippen molar-refractivity contribution in [3.05, 3.63) is 47.2 Å². The van der Waals surface area contributed by atoms with E-state index in [0.717, 1.165) is 24.8 Å². The summed E-state index contributed by atoms with van der Waals surface area (Å²) in [7, 11) is 0. The van der Waals surface area contributed by atoms with Crippen LogP contribution in [0, 0.1) is 5.41 Å². The molecular weight excluding hydrogens is 232 g/mol. The SMILES string of the molecule is CC(C)(C)C(=C=C1CCCC[C@@H]1O)c1ccccc1. The van der Waals surface area contributed by atoms with Gasteiger partial charge in [0, 0.05) is 11.1 Å². The zero-order valence-corrected chi connectivity index (χ0v) is 12.2. The van der Waals surface area contributed by atoms with Crippen LogP contribution >= 0.6 is 0 Å². The Labute approximate surface area is 116 Å². The van der Waals surface area contributed by atoms with Crippen LogP contribution in [0.15, 0.2) is 41.6 Å². The van der Waals surface area contributed by atoms with Gasteiger partial charge in [-0.25, -0.2) is 0 Å². The Morgan fingerprint density at radius 1 is 1.16 bits per heavy atom. The maximum atomic E-state index is 10.1. The molecule has 0 heterocycles. The minimum atomic E-state index is -0.296. The van der Waals surface area contributed by atoms with E-state index >= 15 is 0 Å². The first kappa shape index (κ1) is 14.1. The van der Waals surface area contributed by atoms with E-state index in [-0.39, 0.29) is 11.5 Å². The summed E-state index contributed by atoms with van der Waals surface area (Å²) in [6.45, 7) is 6.62. The topological polar surface area (TPSA) is 20.2 Å². The van der Waals surface area contributed by atoms with Crippen molar-refractivity contribution < 1.29 is 5.11 Å². The average Bonchev–Trinajstić information content (AvgIpc) is 2.37. The Hall–Kier alpha value is -1.30. The Morgan fingerprint density at radius 2 is 1.84 bits per heavy atom. The van der Waals surface area contributed by atoms with E-state index in [9.17, 15) is 5.11 Å². The molecule has 102 valence electrons. The highest BCUT2D eigenvalue weighted by atomic mass is 16.3. The van der Waals surface area contributed by atoms with Gasteiger partial charge in [0.05, 0.1) is 6.10 Å². The van der Waals surface area contributed by atoms with Crippen LogP contribution in [0.4, 0.5) is 0 Å².